The summed E-state index contributed by atoms with van der Waals surface area (Å²) in [6, 6.07) is 15.9. The van der Waals surface area contributed by atoms with Gasteiger partial charge in [0.05, 0.1) is 17.6 Å². The van der Waals surface area contributed by atoms with Gasteiger partial charge < -0.3 is 14.4 Å². The maximum absolute atomic E-state index is 10.4. The molecule has 1 aromatic heterocycles. The molecule has 0 amide bonds. The van der Waals surface area contributed by atoms with Gasteiger partial charge in [-0.25, -0.2) is 4.98 Å². The lowest BCUT2D eigenvalue weighted by Gasteiger charge is -2.19. The number of hydrogen-bond acceptors (Lipinski definition) is 3. The van der Waals surface area contributed by atoms with Crippen molar-refractivity contribution in [1.82, 2.24) is 9.55 Å². The van der Waals surface area contributed by atoms with Crippen LogP contribution in [0.2, 0.25) is 0 Å². The lowest BCUT2D eigenvalue weighted by molar-refractivity contribution is 0.0644. The first-order valence-corrected chi connectivity index (χ1v) is 7.83. The standard InChI is InChI=1S/C19H22N2O2/c1-14-8-4-7-11-17(14)23-13-12-21-16-10-6-5-9-15(16)20-18(21)19(2,3)22/h4-11,22H,12-13H2,1-3H3. The predicted octanol–water partition coefficient (Wildman–Crippen LogP) is 3.65. The van der Waals surface area contributed by atoms with Crippen molar-refractivity contribution < 1.29 is 9.84 Å². The Morgan fingerprint density at radius 3 is 2.52 bits per heavy atom. The van der Waals surface area contributed by atoms with Crippen molar-refractivity contribution in [3.05, 3.63) is 59.9 Å². The van der Waals surface area contributed by atoms with E-state index in [1.807, 2.05) is 60.0 Å². The molecule has 0 aliphatic rings. The van der Waals surface area contributed by atoms with Gasteiger partial charge in [0.25, 0.3) is 0 Å². The second-order valence-corrected chi connectivity index (χ2v) is 6.25. The second-order valence-electron chi connectivity index (χ2n) is 6.25. The van der Waals surface area contributed by atoms with E-state index in [1.165, 1.54) is 0 Å². The maximum Gasteiger partial charge on any atom is 0.141 e. The number of para-hydroxylation sites is 3. The second kappa shape index (κ2) is 6.05. The molecule has 3 aromatic rings. The average Bonchev–Trinajstić information content (AvgIpc) is 2.88. The van der Waals surface area contributed by atoms with Gasteiger partial charge in [0, 0.05) is 0 Å². The number of benzene rings is 2. The van der Waals surface area contributed by atoms with Crippen molar-refractivity contribution >= 4 is 11.0 Å². The van der Waals surface area contributed by atoms with Crippen LogP contribution in [-0.2, 0) is 12.1 Å². The minimum atomic E-state index is -0.998. The minimum absolute atomic E-state index is 0.522. The molecule has 3 rings (SSSR count). The summed E-state index contributed by atoms with van der Waals surface area (Å²) < 4.78 is 7.93. The molecule has 1 N–H and O–H groups in total. The monoisotopic (exact) mass is 310 g/mol. The first-order valence-electron chi connectivity index (χ1n) is 7.83. The molecular weight excluding hydrogens is 288 g/mol. The Hall–Kier alpha value is -2.33. The van der Waals surface area contributed by atoms with E-state index in [-0.39, 0.29) is 0 Å². The summed E-state index contributed by atoms with van der Waals surface area (Å²) in [7, 11) is 0. The highest BCUT2D eigenvalue weighted by atomic mass is 16.5. The molecule has 0 atom stereocenters. The summed E-state index contributed by atoms with van der Waals surface area (Å²) in [5, 5.41) is 10.4. The third-order valence-electron chi connectivity index (χ3n) is 3.87. The first-order chi connectivity index (χ1) is 11.0. The molecule has 0 fully saturated rings. The molecule has 0 spiro atoms. The lowest BCUT2D eigenvalue weighted by atomic mass is 10.1. The number of aromatic nitrogens is 2. The van der Waals surface area contributed by atoms with E-state index in [9.17, 15) is 5.11 Å². The van der Waals surface area contributed by atoms with Gasteiger partial charge in [-0.2, -0.15) is 0 Å². The normalized spacial score (nSPS) is 11.8. The highest BCUT2D eigenvalue weighted by Crippen LogP contribution is 2.25. The van der Waals surface area contributed by atoms with Crippen LogP contribution in [0.25, 0.3) is 11.0 Å². The van der Waals surface area contributed by atoms with Crippen LogP contribution < -0.4 is 4.74 Å². The van der Waals surface area contributed by atoms with Gasteiger partial charge in [-0.05, 0) is 44.5 Å². The SMILES string of the molecule is Cc1ccccc1OCCn1c(C(C)(C)O)nc2ccccc21. The highest BCUT2D eigenvalue weighted by molar-refractivity contribution is 5.76. The summed E-state index contributed by atoms with van der Waals surface area (Å²) in [6.45, 7) is 6.70. The molecule has 0 radical (unpaired) electrons. The number of fused-ring (bicyclic) bond motifs is 1. The Morgan fingerprint density at radius 1 is 1.09 bits per heavy atom. The van der Waals surface area contributed by atoms with Crippen LogP contribution in [0.5, 0.6) is 5.75 Å². The number of hydrogen-bond donors (Lipinski definition) is 1. The van der Waals surface area contributed by atoms with Gasteiger partial charge in [-0.3, -0.25) is 0 Å². The minimum Gasteiger partial charge on any atom is -0.491 e. The van der Waals surface area contributed by atoms with Crippen molar-refractivity contribution in [3.8, 4) is 5.75 Å². The zero-order valence-corrected chi connectivity index (χ0v) is 13.8. The molecule has 0 aliphatic carbocycles. The molecule has 23 heavy (non-hydrogen) atoms. The van der Waals surface area contributed by atoms with Gasteiger partial charge in [-0.1, -0.05) is 30.3 Å². The van der Waals surface area contributed by atoms with Crippen LogP contribution in [0.1, 0.15) is 25.2 Å². The van der Waals surface area contributed by atoms with E-state index in [4.69, 9.17) is 4.74 Å². The molecule has 0 aliphatic heterocycles. The number of ether oxygens (including phenoxy) is 1. The molecule has 0 unspecified atom stereocenters. The number of imidazole rings is 1. The third kappa shape index (κ3) is 3.22. The Morgan fingerprint density at radius 2 is 1.78 bits per heavy atom. The molecule has 120 valence electrons. The van der Waals surface area contributed by atoms with Crippen LogP contribution in [-0.4, -0.2) is 21.3 Å². The predicted molar refractivity (Wildman–Crippen MR) is 91.7 cm³/mol. The topological polar surface area (TPSA) is 47.3 Å². The summed E-state index contributed by atoms with van der Waals surface area (Å²) in [5.74, 6) is 1.55. The number of aryl methyl sites for hydroxylation is 1. The van der Waals surface area contributed by atoms with Crippen LogP contribution in [0.15, 0.2) is 48.5 Å². The first kappa shape index (κ1) is 15.6. The van der Waals surface area contributed by atoms with Crippen LogP contribution in [0, 0.1) is 6.92 Å². The van der Waals surface area contributed by atoms with E-state index in [2.05, 4.69) is 4.98 Å². The van der Waals surface area contributed by atoms with Gasteiger partial charge >= 0.3 is 0 Å². The number of nitrogens with zero attached hydrogens (tertiary/aromatic N) is 2. The number of aliphatic hydroxyl groups is 1. The van der Waals surface area contributed by atoms with E-state index in [0.29, 0.717) is 19.0 Å². The summed E-state index contributed by atoms with van der Waals surface area (Å²) in [4.78, 5) is 4.58. The Bertz CT molecular complexity index is 816. The van der Waals surface area contributed by atoms with Gasteiger partial charge in [0.2, 0.25) is 0 Å². The zero-order valence-electron chi connectivity index (χ0n) is 13.8. The van der Waals surface area contributed by atoms with Gasteiger partial charge in [0.15, 0.2) is 0 Å². The number of rotatable bonds is 5. The van der Waals surface area contributed by atoms with E-state index in [0.717, 1.165) is 22.3 Å². The fraction of sp³-hybridized carbons (Fsp3) is 0.316. The lowest BCUT2D eigenvalue weighted by Crippen LogP contribution is -2.23. The fourth-order valence-corrected chi connectivity index (χ4v) is 2.73. The molecule has 1 heterocycles. The van der Waals surface area contributed by atoms with Crippen LogP contribution in [0.4, 0.5) is 0 Å². The molecule has 0 saturated heterocycles. The zero-order chi connectivity index (χ0) is 16.4. The Balaban J connectivity index is 1.86. The van der Waals surface area contributed by atoms with Crippen molar-refractivity contribution in [2.24, 2.45) is 0 Å². The quantitative estimate of drug-likeness (QED) is 0.782. The third-order valence-corrected chi connectivity index (χ3v) is 3.87. The van der Waals surface area contributed by atoms with Crippen molar-refractivity contribution in [2.75, 3.05) is 6.61 Å². The van der Waals surface area contributed by atoms with E-state index < -0.39 is 5.60 Å². The average molecular weight is 310 g/mol. The van der Waals surface area contributed by atoms with Crippen LogP contribution >= 0.6 is 0 Å². The van der Waals surface area contributed by atoms with Crippen molar-refractivity contribution in [2.45, 2.75) is 32.9 Å². The largest absolute Gasteiger partial charge is 0.491 e. The van der Waals surface area contributed by atoms with Crippen LogP contribution in [0.3, 0.4) is 0 Å². The Labute approximate surface area is 136 Å². The smallest absolute Gasteiger partial charge is 0.141 e. The Kier molecular flexibility index (Phi) is 4.09. The van der Waals surface area contributed by atoms with Gasteiger partial charge in [-0.15, -0.1) is 0 Å². The summed E-state index contributed by atoms with van der Waals surface area (Å²) in [6.07, 6.45) is 0. The highest BCUT2D eigenvalue weighted by Gasteiger charge is 2.24. The maximum atomic E-state index is 10.4. The summed E-state index contributed by atoms with van der Waals surface area (Å²) in [5.41, 5.74) is 2.02. The molecule has 4 heteroatoms. The van der Waals surface area contributed by atoms with E-state index >= 15 is 0 Å². The molecule has 4 nitrogen and oxygen atoms in total. The van der Waals surface area contributed by atoms with Gasteiger partial charge in [0.1, 0.15) is 23.8 Å². The molecular formula is C19H22N2O2. The molecule has 2 aromatic carbocycles. The van der Waals surface area contributed by atoms with Crippen molar-refractivity contribution in [3.63, 3.8) is 0 Å². The molecule has 0 saturated carbocycles. The fourth-order valence-electron chi connectivity index (χ4n) is 2.73. The van der Waals surface area contributed by atoms with E-state index in [1.54, 1.807) is 13.8 Å². The molecule has 0 bridgehead atoms. The summed E-state index contributed by atoms with van der Waals surface area (Å²) >= 11 is 0. The van der Waals surface area contributed by atoms with Crippen molar-refractivity contribution in [1.29, 1.82) is 0 Å².